The molecular formula is C11H15N3S. The van der Waals surface area contributed by atoms with E-state index in [1.165, 1.54) is 0 Å². The van der Waals surface area contributed by atoms with Crippen LogP contribution in [0.1, 0.15) is 31.9 Å². The molecule has 0 spiro atoms. The van der Waals surface area contributed by atoms with Gasteiger partial charge in [0.15, 0.2) is 0 Å². The Kier molecular flexibility index (Phi) is 2.98. The zero-order valence-electron chi connectivity index (χ0n) is 8.97. The first-order chi connectivity index (χ1) is 7.24. The van der Waals surface area contributed by atoms with Crippen molar-refractivity contribution < 1.29 is 0 Å². The molecule has 3 nitrogen and oxygen atoms in total. The highest BCUT2D eigenvalue weighted by molar-refractivity contribution is 7.16. The van der Waals surface area contributed by atoms with Crippen LogP contribution in [0.15, 0.2) is 17.8 Å². The minimum atomic E-state index is 0.132. The first-order valence-electron chi connectivity index (χ1n) is 5.17. The minimum absolute atomic E-state index is 0.132. The fourth-order valence-electron chi connectivity index (χ4n) is 1.92. The van der Waals surface area contributed by atoms with Gasteiger partial charge in [-0.05, 0) is 24.8 Å². The number of aromatic nitrogens is 2. The summed E-state index contributed by atoms with van der Waals surface area (Å²) < 4.78 is 0. The van der Waals surface area contributed by atoms with Crippen LogP contribution in [0.3, 0.4) is 0 Å². The van der Waals surface area contributed by atoms with Crippen molar-refractivity contribution in [2.75, 3.05) is 0 Å². The van der Waals surface area contributed by atoms with Crippen LogP contribution in [0.25, 0.3) is 10.2 Å². The molecule has 0 saturated carbocycles. The van der Waals surface area contributed by atoms with Crippen LogP contribution < -0.4 is 5.73 Å². The Morgan fingerprint density at radius 1 is 1.47 bits per heavy atom. The van der Waals surface area contributed by atoms with Gasteiger partial charge >= 0.3 is 0 Å². The number of rotatable bonds is 3. The fourth-order valence-corrected chi connectivity index (χ4v) is 2.66. The molecule has 2 heterocycles. The van der Waals surface area contributed by atoms with E-state index in [4.69, 9.17) is 5.73 Å². The third kappa shape index (κ3) is 1.87. The maximum absolute atomic E-state index is 5.98. The molecular weight excluding hydrogens is 206 g/mol. The van der Waals surface area contributed by atoms with Gasteiger partial charge in [-0.15, -0.1) is 11.3 Å². The summed E-state index contributed by atoms with van der Waals surface area (Å²) in [7, 11) is 0. The molecule has 0 aromatic carbocycles. The van der Waals surface area contributed by atoms with E-state index < -0.39 is 0 Å². The first-order valence-corrected chi connectivity index (χ1v) is 6.05. The van der Waals surface area contributed by atoms with E-state index in [1.807, 2.05) is 6.92 Å². The van der Waals surface area contributed by atoms with Crippen LogP contribution in [-0.2, 0) is 0 Å². The lowest BCUT2D eigenvalue weighted by Crippen LogP contribution is -2.25. The molecule has 2 rings (SSSR count). The molecule has 2 aromatic heterocycles. The van der Waals surface area contributed by atoms with Crippen molar-refractivity contribution in [3.05, 3.63) is 23.5 Å². The van der Waals surface area contributed by atoms with Crippen molar-refractivity contribution in [3.63, 3.8) is 0 Å². The molecule has 0 amide bonds. The summed E-state index contributed by atoms with van der Waals surface area (Å²) in [5.74, 6) is 0.324. The molecule has 2 atom stereocenters. The molecule has 0 aliphatic heterocycles. The Hall–Kier alpha value is -1.00. The molecule has 0 bridgehead atoms. The second-order valence-electron chi connectivity index (χ2n) is 3.77. The lowest BCUT2D eigenvalue weighted by atomic mass is 9.93. The van der Waals surface area contributed by atoms with E-state index in [2.05, 4.69) is 28.3 Å². The number of nitrogens with zero attached hydrogens (tertiary/aromatic N) is 2. The molecule has 2 unspecified atom stereocenters. The molecule has 0 aliphatic carbocycles. The highest BCUT2D eigenvalue weighted by Crippen LogP contribution is 2.28. The molecule has 0 aliphatic rings. The van der Waals surface area contributed by atoms with Crippen molar-refractivity contribution in [3.8, 4) is 0 Å². The van der Waals surface area contributed by atoms with Crippen molar-refractivity contribution in [1.82, 2.24) is 9.97 Å². The van der Waals surface area contributed by atoms with E-state index >= 15 is 0 Å². The van der Waals surface area contributed by atoms with Crippen molar-refractivity contribution in [1.29, 1.82) is 0 Å². The average molecular weight is 221 g/mol. The van der Waals surface area contributed by atoms with Gasteiger partial charge in [-0.3, -0.25) is 0 Å². The predicted octanol–water partition coefficient (Wildman–Crippen LogP) is 2.53. The van der Waals surface area contributed by atoms with Gasteiger partial charge in [-0.1, -0.05) is 6.92 Å². The summed E-state index contributed by atoms with van der Waals surface area (Å²) in [4.78, 5) is 9.69. The highest BCUT2D eigenvalue weighted by atomic mass is 32.1. The number of hydrogen-bond acceptors (Lipinski definition) is 4. The maximum Gasteiger partial charge on any atom is 0.126 e. The van der Waals surface area contributed by atoms with E-state index in [-0.39, 0.29) is 6.04 Å². The smallest absolute Gasteiger partial charge is 0.126 e. The van der Waals surface area contributed by atoms with Gasteiger partial charge in [0.05, 0.1) is 5.69 Å². The van der Waals surface area contributed by atoms with Crippen LogP contribution in [0.4, 0.5) is 0 Å². The van der Waals surface area contributed by atoms with Crippen LogP contribution in [0, 0.1) is 0 Å². The van der Waals surface area contributed by atoms with E-state index in [9.17, 15) is 0 Å². The largest absolute Gasteiger partial charge is 0.327 e. The first kappa shape index (κ1) is 10.5. The van der Waals surface area contributed by atoms with E-state index in [0.29, 0.717) is 5.92 Å². The number of nitrogens with two attached hydrogens (primary N) is 1. The second kappa shape index (κ2) is 4.24. The van der Waals surface area contributed by atoms with Crippen LogP contribution in [-0.4, -0.2) is 16.0 Å². The minimum Gasteiger partial charge on any atom is -0.327 e. The van der Waals surface area contributed by atoms with Gasteiger partial charge in [0.2, 0.25) is 0 Å². The third-order valence-corrected chi connectivity index (χ3v) is 3.54. The van der Waals surface area contributed by atoms with E-state index in [0.717, 1.165) is 22.3 Å². The third-order valence-electron chi connectivity index (χ3n) is 2.72. The molecule has 80 valence electrons. The summed E-state index contributed by atoms with van der Waals surface area (Å²) in [6.07, 6.45) is 2.65. The lowest BCUT2D eigenvalue weighted by molar-refractivity contribution is 0.543. The Bertz CT molecular complexity index is 450. The van der Waals surface area contributed by atoms with E-state index in [1.54, 1.807) is 17.7 Å². The average Bonchev–Trinajstić information content (AvgIpc) is 2.66. The van der Waals surface area contributed by atoms with Gasteiger partial charge in [0.1, 0.15) is 11.2 Å². The monoisotopic (exact) mass is 221 g/mol. The Balaban J connectivity index is 2.54. The summed E-state index contributed by atoms with van der Waals surface area (Å²) in [5.41, 5.74) is 7.08. The zero-order valence-corrected chi connectivity index (χ0v) is 9.79. The van der Waals surface area contributed by atoms with Gasteiger partial charge in [-0.2, -0.15) is 0 Å². The van der Waals surface area contributed by atoms with Crippen molar-refractivity contribution in [2.45, 2.75) is 32.2 Å². The Labute approximate surface area is 93.4 Å². The Morgan fingerprint density at radius 3 is 2.93 bits per heavy atom. The van der Waals surface area contributed by atoms with Crippen LogP contribution in [0.5, 0.6) is 0 Å². The summed E-state index contributed by atoms with van der Waals surface area (Å²) in [6.45, 7) is 4.18. The van der Waals surface area contributed by atoms with Crippen LogP contribution in [0.2, 0.25) is 0 Å². The predicted molar refractivity (Wildman–Crippen MR) is 64.1 cm³/mol. The number of hydrogen-bond donors (Lipinski definition) is 1. The topological polar surface area (TPSA) is 51.8 Å². The summed E-state index contributed by atoms with van der Waals surface area (Å²) in [6, 6.07) is 2.22. The van der Waals surface area contributed by atoms with Crippen molar-refractivity contribution >= 4 is 21.6 Å². The SMILES string of the molecule is CCC(c1ncnc2sccc12)C(C)N. The van der Waals surface area contributed by atoms with Gasteiger partial charge in [0, 0.05) is 17.3 Å². The maximum atomic E-state index is 5.98. The standard InChI is InChI=1S/C11H15N3S/c1-3-8(7(2)12)10-9-4-5-15-11(9)14-6-13-10/h4-8H,3,12H2,1-2H3. The molecule has 15 heavy (non-hydrogen) atoms. The molecule has 0 fully saturated rings. The molecule has 4 heteroatoms. The quantitative estimate of drug-likeness (QED) is 0.866. The molecule has 2 aromatic rings. The molecule has 0 saturated heterocycles. The summed E-state index contributed by atoms with van der Waals surface area (Å²) >= 11 is 1.65. The molecule has 0 radical (unpaired) electrons. The van der Waals surface area contributed by atoms with Crippen LogP contribution >= 0.6 is 11.3 Å². The highest BCUT2D eigenvalue weighted by Gasteiger charge is 2.18. The second-order valence-corrected chi connectivity index (χ2v) is 4.67. The number of fused-ring (bicyclic) bond motifs is 1. The van der Waals surface area contributed by atoms with Crippen molar-refractivity contribution in [2.24, 2.45) is 5.73 Å². The normalized spacial score (nSPS) is 15.4. The van der Waals surface area contributed by atoms with Gasteiger partial charge in [0.25, 0.3) is 0 Å². The van der Waals surface area contributed by atoms with Gasteiger partial charge in [-0.25, -0.2) is 9.97 Å². The Morgan fingerprint density at radius 2 is 2.27 bits per heavy atom. The fraction of sp³-hybridized carbons (Fsp3) is 0.455. The molecule has 2 N–H and O–H groups in total. The summed E-state index contributed by atoms with van der Waals surface area (Å²) in [5, 5.41) is 3.21. The number of thiophene rings is 1. The van der Waals surface area contributed by atoms with Gasteiger partial charge < -0.3 is 5.73 Å². The lowest BCUT2D eigenvalue weighted by Gasteiger charge is -2.18. The zero-order chi connectivity index (χ0) is 10.8.